The molecule has 1 aliphatic heterocycles. The van der Waals surface area contributed by atoms with Crippen molar-refractivity contribution in [2.24, 2.45) is 0 Å². The monoisotopic (exact) mass is 184 g/mol. The van der Waals surface area contributed by atoms with Gasteiger partial charge in [0.2, 0.25) is 0 Å². The Kier molecular flexibility index (Phi) is 4.20. The van der Waals surface area contributed by atoms with Crippen LogP contribution in [0.4, 0.5) is 8.39 Å². The van der Waals surface area contributed by atoms with Crippen molar-refractivity contribution in [1.29, 1.82) is 0 Å². The van der Waals surface area contributed by atoms with Crippen LogP contribution in [0.15, 0.2) is 0 Å². The van der Waals surface area contributed by atoms with Gasteiger partial charge in [-0.25, -0.2) is 0 Å². The van der Waals surface area contributed by atoms with E-state index in [4.69, 9.17) is 4.74 Å². The zero-order valence-corrected chi connectivity index (χ0v) is 7.03. The van der Waals surface area contributed by atoms with Gasteiger partial charge in [-0.1, -0.05) is 0 Å². The van der Waals surface area contributed by atoms with Crippen molar-refractivity contribution in [3.05, 3.63) is 0 Å². The molecule has 0 aromatic rings. The average Bonchev–Trinajstić information content (AvgIpc) is 2.03. The Morgan fingerprint density at radius 3 is 2.82 bits per heavy atom. The van der Waals surface area contributed by atoms with Crippen LogP contribution in [0.3, 0.4) is 0 Å². The molecule has 1 heterocycles. The van der Waals surface area contributed by atoms with Crippen LogP contribution in [-0.4, -0.2) is 19.3 Å². The summed E-state index contributed by atoms with van der Waals surface area (Å²) in [5, 5.41) is 0. The highest BCUT2D eigenvalue weighted by Crippen LogP contribution is 2.40. The second kappa shape index (κ2) is 4.96. The molecule has 0 amide bonds. The lowest BCUT2D eigenvalue weighted by Crippen LogP contribution is -2.23. The van der Waals surface area contributed by atoms with Gasteiger partial charge in [0.15, 0.2) is 0 Å². The minimum atomic E-state index is -3.21. The third-order valence-electron chi connectivity index (χ3n) is 1.63. The van der Waals surface area contributed by atoms with Crippen molar-refractivity contribution in [3.63, 3.8) is 0 Å². The number of rotatable bonds is 3. The van der Waals surface area contributed by atoms with Gasteiger partial charge in [0, 0.05) is 6.61 Å². The van der Waals surface area contributed by atoms with Crippen LogP contribution in [0.5, 0.6) is 0 Å². The van der Waals surface area contributed by atoms with Crippen molar-refractivity contribution >= 4 is 8.77 Å². The molecule has 0 radical (unpaired) electrons. The van der Waals surface area contributed by atoms with Crippen molar-refractivity contribution < 1.29 is 17.7 Å². The highest BCUT2D eigenvalue weighted by Gasteiger charge is 2.16. The van der Waals surface area contributed by atoms with Gasteiger partial charge in [0.05, 0.1) is 12.7 Å². The van der Waals surface area contributed by atoms with Gasteiger partial charge in [0.1, 0.15) is 0 Å². The predicted octanol–water partition coefficient (Wildman–Crippen LogP) is 2.74. The van der Waals surface area contributed by atoms with Gasteiger partial charge in [-0.15, -0.1) is 0 Å². The molecule has 1 fully saturated rings. The quantitative estimate of drug-likeness (QED) is 0.628. The van der Waals surface area contributed by atoms with Crippen LogP contribution >= 0.6 is 8.77 Å². The normalized spacial score (nSPS) is 25.9. The average molecular weight is 184 g/mol. The Morgan fingerprint density at radius 2 is 2.27 bits per heavy atom. The van der Waals surface area contributed by atoms with Crippen LogP contribution in [-0.2, 0) is 9.26 Å². The fraction of sp³-hybridized carbons (Fsp3) is 1.00. The zero-order valence-electron chi connectivity index (χ0n) is 6.13. The summed E-state index contributed by atoms with van der Waals surface area (Å²) >= 11 is 0. The molecular formula is C6H11F2O2P. The summed E-state index contributed by atoms with van der Waals surface area (Å²) in [5.41, 5.74) is 0. The van der Waals surface area contributed by atoms with Crippen LogP contribution in [0.2, 0.25) is 0 Å². The molecule has 66 valence electrons. The lowest BCUT2D eigenvalue weighted by atomic mass is 10.1. The minimum absolute atomic E-state index is 0.0543. The largest absolute Gasteiger partial charge is 0.415 e. The van der Waals surface area contributed by atoms with Gasteiger partial charge >= 0.3 is 8.77 Å². The van der Waals surface area contributed by atoms with E-state index in [9.17, 15) is 8.39 Å². The van der Waals surface area contributed by atoms with Gasteiger partial charge in [0.25, 0.3) is 0 Å². The maximum Gasteiger partial charge on any atom is 0.415 e. The van der Waals surface area contributed by atoms with Crippen molar-refractivity contribution in [2.45, 2.75) is 25.4 Å². The van der Waals surface area contributed by atoms with E-state index in [1.165, 1.54) is 0 Å². The van der Waals surface area contributed by atoms with Gasteiger partial charge < -0.3 is 9.26 Å². The third kappa shape index (κ3) is 3.94. The van der Waals surface area contributed by atoms with E-state index in [1.54, 1.807) is 0 Å². The second-order valence-corrected chi connectivity index (χ2v) is 3.15. The minimum Gasteiger partial charge on any atom is -0.376 e. The molecule has 0 aromatic heterocycles. The SMILES string of the molecule is FP(F)OCC1CCCCO1. The molecule has 0 bridgehead atoms. The standard InChI is InChI=1S/C6H11F2O2P/c7-11(8)10-5-6-3-1-2-4-9-6/h6H,1-5H2. The summed E-state index contributed by atoms with van der Waals surface area (Å²) in [6.07, 6.45) is 2.85. The highest BCUT2D eigenvalue weighted by molar-refractivity contribution is 7.40. The Bertz CT molecular complexity index is 107. The van der Waals surface area contributed by atoms with Crippen molar-refractivity contribution in [1.82, 2.24) is 0 Å². The number of ether oxygens (including phenoxy) is 1. The number of hydrogen-bond acceptors (Lipinski definition) is 2. The maximum absolute atomic E-state index is 11.6. The summed E-state index contributed by atoms with van der Waals surface area (Å²) in [6.45, 7) is 0.739. The molecule has 0 N–H and O–H groups in total. The molecule has 11 heavy (non-hydrogen) atoms. The fourth-order valence-electron chi connectivity index (χ4n) is 1.08. The first kappa shape index (κ1) is 9.30. The zero-order chi connectivity index (χ0) is 8.10. The van der Waals surface area contributed by atoms with Crippen LogP contribution in [0, 0.1) is 0 Å². The number of halogens is 2. The Morgan fingerprint density at radius 1 is 1.45 bits per heavy atom. The van der Waals surface area contributed by atoms with E-state index in [0.717, 1.165) is 19.3 Å². The molecule has 1 atom stereocenters. The van der Waals surface area contributed by atoms with Crippen LogP contribution in [0.25, 0.3) is 0 Å². The molecule has 1 saturated heterocycles. The Hall–Kier alpha value is 0.210. The lowest BCUT2D eigenvalue weighted by molar-refractivity contribution is -0.0111. The summed E-state index contributed by atoms with van der Waals surface area (Å²) in [4.78, 5) is 0. The smallest absolute Gasteiger partial charge is 0.376 e. The molecule has 1 unspecified atom stereocenters. The molecule has 1 aliphatic rings. The molecule has 0 aliphatic carbocycles. The second-order valence-electron chi connectivity index (χ2n) is 2.49. The first-order valence-corrected chi connectivity index (χ1v) is 4.69. The van der Waals surface area contributed by atoms with Gasteiger partial charge in [-0.3, -0.25) is 0 Å². The summed E-state index contributed by atoms with van der Waals surface area (Å²) < 4.78 is 32.5. The van der Waals surface area contributed by atoms with Gasteiger partial charge in [-0.2, -0.15) is 8.39 Å². The number of hydrogen-bond donors (Lipinski definition) is 0. The topological polar surface area (TPSA) is 18.5 Å². The summed E-state index contributed by atoms with van der Waals surface area (Å²) in [7, 11) is -3.21. The molecule has 0 aromatic carbocycles. The fourth-order valence-corrected chi connectivity index (χ4v) is 1.36. The highest BCUT2D eigenvalue weighted by atomic mass is 31.2. The van der Waals surface area contributed by atoms with E-state index in [1.807, 2.05) is 0 Å². The summed E-state index contributed by atoms with van der Waals surface area (Å²) in [6, 6.07) is 0. The van der Waals surface area contributed by atoms with E-state index in [0.29, 0.717) is 6.61 Å². The maximum atomic E-state index is 11.6. The Balaban J connectivity index is 2.05. The van der Waals surface area contributed by atoms with Crippen molar-refractivity contribution in [2.75, 3.05) is 13.2 Å². The van der Waals surface area contributed by atoms with E-state index in [-0.39, 0.29) is 12.7 Å². The van der Waals surface area contributed by atoms with Crippen LogP contribution < -0.4 is 0 Å². The first-order chi connectivity index (χ1) is 5.29. The molecule has 2 nitrogen and oxygen atoms in total. The predicted molar refractivity (Wildman–Crippen MR) is 38.7 cm³/mol. The Labute approximate surface area is 65.9 Å². The van der Waals surface area contributed by atoms with Crippen LogP contribution in [0.1, 0.15) is 19.3 Å². The molecule has 0 spiro atoms. The molecule has 1 rings (SSSR count). The third-order valence-corrected chi connectivity index (χ3v) is 1.98. The van der Waals surface area contributed by atoms with E-state index < -0.39 is 8.77 Å². The lowest BCUT2D eigenvalue weighted by Gasteiger charge is -2.21. The van der Waals surface area contributed by atoms with E-state index >= 15 is 0 Å². The van der Waals surface area contributed by atoms with Crippen molar-refractivity contribution in [3.8, 4) is 0 Å². The van der Waals surface area contributed by atoms with Gasteiger partial charge in [-0.05, 0) is 19.3 Å². The molecule has 5 heteroatoms. The molecular weight excluding hydrogens is 173 g/mol. The molecule has 0 saturated carbocycles. The van der Waals surface area contributed by atoms with E-state index in [2.05, 4.69) is 4.52 Å². The first-order valence-electron chi connectivity index (χ1n) is 3.65. The summed E-state index contributed by atoms with van der Waals surface area (Å²) in [5.74, 6) is 0.